The normalized spacial score (nSPS) is 10.9. The van der Waals surface area contributed by atoms with Gasteiger partial charge in [-0.25, -0.2) is 4.98 Å². The second-order valence-electron chi connectivity index (χ2n) is 1.96. The van der Waals surface area contributed by atoms with Crippen molar-refractivity contribution in [1.82, 2.24) is 9.38 Å². The third kappa shape index (κ3) is 0.950. The van der Waals surface area contributed by atoms with Crippen LogP contribution in [0.1, 0.15) is 5.69 Å². The zero-order valence-corrected chi connectivity index (χ0v) is 8.09. The van der Waals surface area contributed by atoms with E-state index in [0.29, 0.717) is 0 Å². The molecule has 10 heavy (non-hydrogen) atoms. The molecule has 0 fully saturated rings. The summed E-state index contributed by atoms with van der Waals surface area (Å²) in [5.41, 5.74) is 1.16. The summed E-state index contributed by atoms with van der Waals surface area (Å²) in [4.78, 5) is 5.45. The molecule has 0 bridgehead atoms. The van der Waals surface area contributed by atoms with Crippen LogP contribution in [0, 0.1) is 0 Å². The molecule has 0 spiro atoms. The van der Waals surface area contributed by atoms with Crippen LogP contribution in [0.4, 0.5) is 0 Å². The van der Waals surface area contributed by atoms with Crippen molar-refractivity contribution in [3.8, 4) is 0 Å². The summed E-state index contributed by atoms with van der Waals surface area (Å²) in [7, 11) is 0. The van der Waals surface area contributed by atoms with Crippen LogP contribution in [0.5, 0.6) is 0 Å². The number of imidazole rings is 1. The topological polar surface area (TPSA) is 17.3 Å². The van der Waals surface area contributed by atoms with E-state index in [1.165, 1.54) is 0 Å². The van der Waals surface area contributed by atoms with E-state index in [1.807, 2.05) is 11.6 Å². The van der Waals surface area contributed by atoms with E-state index in [2.05, 4.69) is 38.2 Å². The summed E-state index contributed by atoms with van der Waals surface area (Å²) in [6.07, 6.45) is 4.10. The average Bonchev–Trinajstić information content (AvgIpc) is 2.42. The maximum Gasteiger partial charge on any atom is 0.193 e. The van der Waals surface area contributed by atoms with Gasteiger partial charge in [-0.2, -0.15) is 0 Å². The first-order valence-electron chi connectivity index (χ1n) is 2.87. The number of thiazole rings is 1. The zero-order valence-electron chi connectivity index (χ0n) is 5.12. The quantitative estimate of drug-likeness (QED) is 0.570. The van der Waals surface area contributed by atoms with Crippen molar-refractivity contribution in [2.75, 3.05) is 0 Å². The third-order valence-electron chi connectivity index (χ3n) is 1.28. The van der Waals surface area contributed by atoms with Gasteiger partial charge >= 0.3 is 0 Å². The van der Waals surface area contributed by atoms with Crippen molar-refractivity contribution in [1.29, 1.82) is 0 Å². The van der Waals surface area contributed by atoms with Gasteiger partial charge in [-0.3, -0.25) is 4.40 Å². The first-order valence-corrected chi connectivity index (χ1v) is 5.28. The SMILES string of the molecule is ICc1cn2ccsc2n1. The Labute approximate surface area is 76.0 Å². The second-order valence-corrected chi connectivity index (χ2v) is 3.59. The monoisotopic (exact) mass is 264 g/mol. The van der Waals surface area contributed by atoms with Gasteiger partial charge in [0.05, 0.1) is 5.69 Å². The van der Waals surface area contributed by atoms with Crippen LogP contribution in [0.3, 0.4) is 0 Å². The minimum absolute atomic E-state index is 0.992. The molecule has 2 nitrogen and oxygen atoms in total. The van der Waals surface area contributed by atoms with Crippen molar-refractivity contribution < 1.29 is 0 Å². The molecule has 0 aliphatic rings. The van der Waals surface area contributed by atoms with Gasteiger partial charge < -0.3 is 0 Å². The number of hydrogen-bond donors (Lipinski definition) is 0. The Bertz CT molecular complexity index is 309. The standard InChI is InChI=1S/C6H5IN2S/c7-3-5-4-9-1-2-10-6(9)8-5/h1-2,4H,3H2. The Morgan fingerprint density at radius 3 is 3.30 bits per heavy atom. The highest BCUT2D eigenvalue weighted by atomic mass is 127. The van der Waals surface area contributed by atoms with Crippen LogP contribution >= 0.6 is 33.9 Å². The Balaban J connectivity index is 2.67. The molecular weight excluding hydrogens is 259 g/mol. The first-order chi connectivity index (χ1) is 4.90. The van der Waals surface area contributed by atoms with Crippen molar-refractivity contribution >= 4 is 38.9 Å². The van der Waals surface area contributed by atoms with Gasteiger partial charge in [-0.15, -0.1) is 11.3 Å². The molecule has 4 heteroatoms. The predicted octanol–water partition coefficient (Wildman–Crippen LogP) is 2.33. The molecule has 0 N–H and O–H groups in total. The van der Waals surface area contributed by atoms with E-state index >= 15 is 0 Å². The number of halogens is 1. The van der Waals surface area contributed by atoms with Crippen molar-refractivity contribution in [2.24, 2.45) is 0 Å². The van der Waals surface area contributed by atoms with Crippen LogP contribution in [0.2, 0.25) is 0 Å². The van der Waals surface area contributed by atoms with Crippen LogP contribution in [-0.2, 0) is 4.43 Å². The Morgan fingerprint density at radius 2 is 2.60 bits per heavy atom. The summed E-state index contributed by atoms with van der Waals surface area (Å²) in [5, 5.41) is 2.04. The predicted molar refractivity (Wildman–Crippen MR) is 50.8 cm³/mol. The fourth-order valence-electron chi connectivity index (χ4n) is 0.840. The van der Waals surface area contributed by atoms with E-state index in [9.17, 15) is 0 Å². The van der Waals surface area contributed by atoms with Crippen LogP contribution in [0.15, 0.2) is 17.8 Å². The molecular formula is C6H5IN2S. The highest BCUT2D eigenvalue weighted by Crippen LogP contribution is 2.12. The van der Waals surface area contributed by atoms with E-state index in [0.717, 1.165) is 15.1 Å². The molecule has 2 heterocycles. The van der Waals surface area contributed by atoms with E-state index in [4.69, 9.17) is 0 Å². The fourth-order valence-corrected chi connectivity index (χ4v) is 1.93. The molecule has 0 aliphatic heterocycles. The summed E-state index contributed by atoms with van der Waals surface area (Å²) >= 11 is 3.99. The number of hydrogen-bond acceptors (Lipinski definition) is 2. The maximum absolute atomic E-state index is 4.37. The Morgan fingerprint density at radius 1 is 1.70 bits per heavy atom. The molecule has 0 unspecified atom stereocenters. The lowest BCUT2D eigenvalue weighted by atomic mass is 10.6. The van der Waals surface area contributed by atoms with E-state index < -0.39 is 0 Å². The van der Waals surface area contributed by atoms with Gasteiger partial charge in [0.15, 0.2) is 4.96 Å². The minimum atomic E-state index is 0.992. The number of nitrogens with zero attached hydrogens (tertiary/aromatic N) is 2. The van der Waals surface area contributed by atoms with Gasteiger partial charge in [-0.1, -0.05) is 22.6 Å². The van der Waals surface area contributed by atoms with Crippen molar-refractivity contribution in [3.63, 3.8) is 0 Å². The third-order valence-corrected chi connectivity index (χ3v) is 2.83. The second kappa shape index (κ2) is 2.50. The van der Waals surface area contributed by atoms with E-state index in [1.54, 1.807) is 11.3 Å². The van der Waals surface area contributed by atoms with Gasteiger partial charge in [-0.05, 0) is 0 Å². The van der Waals surface area contributed by atoms with Gasteiger partial charge in [0.1, 0.15) is 0 Å². The molecule has 2 rings (SSSR count). The van der Waals surface area contributed by atoms with Gasteiger partial charge in [0.25, 0.3) is 0 Å². The lowest BCUT2D eigenvalue weighted by molar-refractivity contribution is 1.22. The molecule has 0 aliphatic carbocycles. The summed E-state index contributed by atoms with van der Waals surface area (Å²) in [6, 6.07) is 0. The van der Waals surface area contributed by atoms with Gasteiger partial charge in [0.2, 0.25) is 0 Å². The largest absolute Gasteiger partial charge is 0.297 e. The van der Waals surface area contributed by atoms with Crippen molar-refractivity contribution in [3.05, 3.63) is 23.5 Å². The summed E-state index contributed by atoms with van der Waals surface area (Å²) in [6.45, 7) is 0. The molecule has 52 valence electrons. The molecule has 0 saturated carbocycles. The smallest absolute Gasteiger partial charge is 0.193 e. The molecule has 0 saturated heterocycles. The number of rotatable bonds is 1. The number of fused-ring (bicyclic) bond motifs is 1. The van der Waals surface area contributed by atoms with Crippen molar-refractivity contribution in [2.45, 2.75) is 4.43 Å². The zero-order chi connectivity index (χ0) is 6.97. The Kier molecular flexibility index (Phi) is 1.65. The maximum atomic E-state index is 4.37. The molecule has 0 amide bonds. The fraction of sp³-hybridized carbons (Fsp3) is 0.167. The first kappa shape index (κ1) is 6.60. The Hall–Kier alpha value is -0.100. The molecule has 2 aromatic rings. The molecule has 0 aromatic carbocycles. The number of aromatic nitrogens is 2. The lowest BCUT2D eigenvalue weighted by Crippen LogP contribution is -1.71. The number of alkyl halides is 1. The summed E-state index contributed by atoms with van der Waals surface area (Å²) < 4.78 is 3.05. The van der Waals surface area contributed by atoms with Gasteiger partial charge in [0, 0.05) is 22.2 Å². The highest BCUT2D eigenvalue weighted by Gasteiger charge is 1.98. The molecule has 0 atom stereocenters. The molecule has 2 aromatic heterocycles. The van der Waals surface area contributed by atoms with Crippen LogP contribution in [-0.4, -0.2) is 9.38 Å². The highest BCUT2D eigenvalue weighted by molar-refractivity contribution is 14.1. The lowest BCUT2D eigenvalue weighted by Gasteiger charge is -1.77. The van der Waals surface area contributed by atoms with Crippen LogP contribution < -0.4 is 0 Å². The average molecular weight is 264 g/mol. The molecule has 0 radical (unpaired) electrons. The van der Waals surface area contributed by atoms with E-state index in [-0.39, 0.29) is 0 Å². The minimum Gasteiger partial charge on any atom is -0.297 e. The van der Waals surface area contributed by atoms with Crippen LogP contribution in [0.25, 0.3) is 4.96 Å². The summed E-state index contributed by atoms with van der Waals surface area (Å²) in [5.74, 6) is 0.